The molecule has 0 aromatic heterocycles. The van der Waals surface area contributed by atoms with Gasteiger partial charge in [0.25, 0.3) is 5.91 Å². The Labute approximate surface area is 175 Å². The molecule has 1 fully saturated rings. The van der Waals surface area contributed by atoms with Gasteiger partial charge in [0, 0.05) is 37.3 Å². The predicted octanol–water partition coefficient (Wildman–Crippen LogP) is 3.44. The van der Waals surface area contributed by atoms with Gasteiger partial charge in [0.2, 0.25) is 0 Å². The number of benzene rings is 3. The Kier molecular flexibility index (Phi) is 5.57. The van der Waals surface area contributed by atoms with E-state index in [-0.39, 0.29) is 17.2 Å². The SMILES string of the molecule is C[C@H](OC(=O)c1ccc2ccccc2c1O)C(=O)N1CCN(c2ccccc2)CC1. The van der Waals surface area contributed by atoms with E-state index in [0.717, 1.165) is 24.2 Å². The second kappa shape index (κ2) is 8.45. The van der Waals surface area contributed by atoms with Gasteiger partial charge in [0.05, 0.1) is 0 Å². The Balaban J connectivity index is 1.38. The van der Waals surface area contributed by atoms with Gasteiger partial charge in [-0.25, -0.2) is 4.79 Å². The summed E-state index contributed by atoms with van der Waals surface area (Å²) >= 11 is 0. The van der Waals surface area contributed by atoms with Gasteiger partial charge < -0.3 is 19.6 Å². The molecular formula is C24H24N2O4. The first-order valence-electron chi connectivity index (χ1n) is 10.0. The molecule has 6 heteroatoms. The Morgan fingerprint density at radius 1 is 0.900 bits per heavy atom. The van der Waals surface area contributed by atoms with Crippen molar-refractivity contribution >= 4 is 28.3 Å². The van der Waals surface area contributed by atoms with Crippen LogP contribution in [0.5, 0.6) is 5.75 Å². The number of phenols is 1. The minimum Gasteiger partial charge on any atom is -0.506 e. The molecule has 1 N–H and O–H groups in total. The molecule has 3 aromatic rings. The van der Waals surface area contributed by atoms with Gasteiger partial charge in [-0.2, -0.15) is 0 Å². The summed E-state index contributed by atoms with van der Waals surface area (Å²) in [6.45, 7) is 4.15. The lowest BCUT2D eigenvalue weighted by Gasteiger charge is -2.37. The monoisotopic (exact) mass is 404 g/mol. The van der Waals surface area contributed by atoms with Crippen molar-refractivity contribution in [3.8, 4) is 5.75 Å². The molecule has 1 aliphatic heterocycles. The van der Waals surface area contributed by atoms with Crippen LogP contribution < -0.4 is 4.90 Å². The van der Waals surface area contributed by atoms with Crippen LogP contribution in [0, 0.1) is 0 Å². The molecule has 154 valence electrons. The first-order chi connectivity index (χ1) is 14.5. The number of hydrogen-bond acceptors (Lipinski definition) is 5. The quantitative estimate of drug-likeness (QED) is 0.675. The predicted molar refractivity (Wildman–Crippen MR) is 116 cm³/mol. The fraction of sp³-hybridized carbons (Fsp3) is 0.250. The third-order valence-corrected chi connectivity index (χ3v) is 5.46. The minimum absolute atomic E-state index is 0.0576. The van der Waals surface area contributed by atoms with Crippen molar-refractivity contribution in [2.75, 3.05) is 31.1 Å². The van der Waals surface area contributed by atoms with Crippen molar-refractivity contribution in [2.24, 2.45) is 0 Å². The molecule has 6 nitrogen and oxygen atoms in total. The summed E-state index contributed by atoms with van der Waals surface area (Å²) in [5.41, 5.74) is 1.19. The van der Waals surface area contributed by atoms with E-state index in [2.05, 4.69) is 17.0 Å². The molecule has 0 aliphatic carbocycles. The molecule has 0 radical (unpaired) electrons. The zero-order valence-electron chi connectivity index (χ0n) is 16.8. The number of esters is 1. The average Bonchev–Trinajstić information content (AvgIpc) is 2.79. The molecule has 3 aromatic carbocycles. The van der Waals surface area contributed by atoms with E-state index in [1.165, 1.54) is 6.07 Å². The molecule has 0 saturated carbocycles. The molecule has 0 unspecified atom stereocenters. The van der Waals surface area contributed by atoms with E-state index in [9.17, 15) is 14.7 Å². The standard InChI is InChI=1S/C24H24N2O4/c1-17(23(28)26-15-13-25(14-16-26)19-8-3-2-4-9-19)30-24(29)21-12-11-18-7-5-6-10-20(18)22(21)27/h2-12,17,27H,13-16H2,1H3/t17-/m0/s1. The van der Waals surface area contributed by atoms with Crippen molar-refractivity contribution in [2.45, 2.75) is 13.0 Å². The van der Waals surface area contributed by atoms with Gasteiger partial charge in [-0.05, 0) is 30.5 Å². The summed E-state index contributed by atoms with van der Waals surface area (Å²) in [6.07, 6.45) is -0.924. The second-order valence-electron chi connectivity index (χ2n) is 7.38. The van der Waals surface area contributed by atoms with Crippen LogP contribution in [0.15, 0.2) is 66.7 Å². The van der Waals surface area contributed by atoms with Crippen LogP contribution in [0.3, 0.4) is 0 Å². The van der Waals surface area contributed by atoms with Crippen LogP contribution in [0.1, 0.15) is 17.3 Å². The smallest absolute Gasteiger partial charge is 0.342 e. The van der Waals surface area contributed by atoms with Gasteiger partial charge in [0.1, 0.15) is 11.3 Å². The third-order valence-electron chi connectivity index (χ3n) is 5.46. The van der Waals surface area contributed by atoms with Crippen LogP contribution in [0.2, 0.25) is 0 Å². The van der Waals surface area contributed by atoms with E-state index in [4.69, 9.17) is 4.74 Å². The Morgan fingerprint density at radius 3 is 2.30 bits per heavy atom. The van der Waals surface area contributed by atoms with Gasteiger partial charge in [-0.1, -0.05) is 48.5 Å². The summed E-state index contributed by atoms with van der Waals surface area (Å²) in [5.74, 6) is -1.06. The summed E-state index contributed by atoms with van der Waals surface area (Å²) in [5, 5.41) is 11.9. The largest absolute Gasteiger partial charge is 0.506 e. The highest BCUT2D eigenvalue weighted by Gasteiger charge is 2.28. The maximum absolute atomic E-state index is 12.8. The van der Waals surface area contributed by atoms with E-state index in [0.29, 0.717) is 18.5 Å². The maximum Gasteiger partial charge on any atom is 0.342 e. The topological polar surface area (TPSA) is 70.1 Å². The van der Waals surface area contributed by atoms with E-state index in [1.807, 2.05) is 30.3 Å². The summed E-state index contributed by atoms with van der Waals surface area (Å²) in [7, 11) is 0. The number of anilines is 1. The Morgan fingerprint density at radius 2 is 1.57 bits per heavy atom. The van der Waals surface area contributed by atoms with Crippen molar-refractivity contribution in [3.05, 3.63) is 72.3 Å². The summed E-state index contributed by atoms with van der Waals surface area (Å²) in [6, 6.07) is 20.6. The summed E-state index contributed by atoms with van der Waals surface area (Å²) < 4.78 is 5.39. The van der Waals surface area contributed by atoms with Gasteiger partial charge in [-0.15, -0.1) is 0 Å². The van der Waals surface area contributed by atoms with Gasteiger partial charge >= 0.3 is 5.97 Å². The van der Waals surface area contributed by atoms with Crippen molar-refractivity contribution in [3.63, 3.8) is 0 Å². The van der Waals surface area contributed by atoms with E-state index >= 15 is 0 Å². The number of rotatable bonds is 4. The first kappa shape index (κ1) is 19.8. The van der Waals surface area contributed by atoms with Crippen LogP contribution in [-0.4, -0.2) is 54.2 Å². The number of fused-ring (bicyclic) bond motifs is 1. The molecule has 30 heavy (non-hydrogen) atoms. The van der Waals surface area contributed by atoms with Crippen LogP contribution >= 0.6 is 0 Å². The van der Waals surface area contributed by atoms with Crippen molar-refractivity contribution in [1.82, 2.24) is 4.90 Å². The number of piperazine rings is 1. The highest BCUT2D eigenvalue weighted by molar-refractivity contribution is 6.01. The molecule has 1 saturated heterocycles. The highest BCUT2D eigenvalue weighted by Crippen LogP contribution is 2.29. The lowest BCUT2D eigenvalue weighted by atomic mass is 10.1. The fourth-order valence-electron chi connectivity index (χ4n) is 3.78. The van der Waals surface area contributed by atoms with Crippen LogP contribution in [0.4, 0.5) is 5.69 Å². The lowest BCUT2D eigenvalue weighted by molar-refractivity contribution is -0.140. The number of ether oxygens (including phenoxy) is 1. The fourth-order valence-corrected chi connectivity index (χ4v) is 3.78. The Bertz CT molecular complexity index is 1060. The van der Waals surface area contributed by atoms with Gasteiger partial charge in [0.15, 0.2) is 6.10 Å². The van der Waals surface area contributed by atoms with Crippen molar-refractivity contribution < 1.29 is 19.4 Å². The minimum atomic E-state index is -0.924. The molecule has 1 heterocycles. The normalized spacial score (nSPS) is 15.1. The van der Waals surface area contributed by atoms with E-state index in [1.54, 1.807) is 30.0 Å². The van der Waals surface area contributed by atoms with E-state index < -0.39 is 12.1 Å². The first-order valence-corrected chi connectivity index (χ1v) is 10.0. The zero-order chi connectivity index (χ0) is 21.1. The number of nitrogens with zero attached hydrogens (tertiary/aromatic N) is 2. The van der Waals surface area contributed by atoms with Crippen LogP contribution in [-0.2, 0) is 9.53 Å². The summed E-state index contributed by atoms with van der Waals surface area (Å²) in [4.78, 5) is 29.3. The molecule has 4 rings (SSSR count). The lowest BCUT2D eigenvalue weighted by Crippen LogP contribution is -2.51. The number of carbonyl (C=O) groups excluding carboxylic acids is 2. The maximum atomic E-state index is 12.8. The molecule has 1 amide bonds. The highest BCUT2D eigenvalue weighted by atomic mass is 16.5. The number of hydrogen-bond donors (Lipinski definition) is 1. The number of amides is 1. The number of aromatic hydroxyl groups is 1. The molecular weight excluding hydrogens is 380 g/mol. The third kappa shape index (κ3) is 3.94. The number of para-hydroxylation sites is 1. The molecule has 1 aliphatic rings. The molecule has 0 bridgehead atoms. The Hall–Kier alpha value is -3.54. The van der Waals surface area contributed by atoms with Gasteiger partial charge in [-0.3, -0.25) is 4.79 Å². The number of carbonyl (C=O) groups is 2. The number of phenolic OH excluding ortho intramolecular Hbond substituents is 1. The average molecular weight is 404 g/mol. The van der Waals surface area contributed by atoms with Crippen molar-refractivity contribution in [1.29, 1.82) is 0 Å². The second-order valence-corrected chi connectivity index (χ2v) is 7.38. The molecule has 0 spiro atoms. The molecule has 1 atom stereocenters. The van der Waals surface area contributed by atoms with Crippen LogP contribution in [0.25, 0.3) is 10.8 Å². The zero-order valence-corrected chi connectivity index (χ0v) is 16.8.